The third-order valence-electron chi connectivity index (χ3n) is 6.30. The molecule has 0 N–H and O–H groups in total. The minimum Gasteiger partial charge on any atom is -0.339 e. The van der Waals surface area contributed by atoms with E-state index in [4.69, 9.17) is 0 Å². The van der Waals surface area contributed by atoms with Gasteiger partial charge >= 0.3 is 0 Å². The second-order valence-corrected chi connectivity index (χ2v) is 8.81. The van der Waals surface area contributed by atoms with E-state index in [1.54, 1.807) is 0 Å². The molecule has 5 heteroatoms. The number of benzene rings is 1. The van der Waals surface area contributed by atoms with E-state index >= 15 is 0 Å². The fourth-order valence-electron chi connectivity index (χ4n) is 4.05. The average molecular weight is 386 g/mol. The van der Waals surface area contributed by atoms with Crippen molar-refractivity contribution < 1.29 is 9.59 Å². The molecule has 0 spiro atoms. The van der Waals surface area contributed by atoms with Gasteiger partial charge < -0.3 is 14.7 Å². The Morgan fingerprint density at radius 1 is 1.00 bits per heavy atom. The number of amides is 2. The first-order valence-electron chi connectivity index (χ1n) is 10.6. The van der Waals surface area contributed by atoms with Gasteiger partial charge in [0.25, 0.3) is 0 Å². The fraction of sp³-hybridized carbons (Fsp3) is 0.652. The summed E-state index contributed by atoms with van der Waals surface area (Å²) in [6.45, 7) is 7.71. The van der Waals surface area contributed by atoms with Crippen molar-refractivity contribution in [2.75, 3.05) is 46.8 Å². The lowest BCUT2D eigenvalue weighted by atomic mass is 9.88. The Bertz CT molecular complexity index is 704. The summed E-state index contributed by atoms with van der Waals surface area (Å²) >= 11 is 0. The minimum absolute atomic E-state index is 0.201. The second-order valence-electron chi connectivity index (χ2n) is 8.81. The van der Waals surface area contributed by atoms with E-state index in [0.717, 1.165) is 6.54 Å². The van der Waals surface area contributed by atoms with Gasteiger partial charge in [0, 0.05) is 45.6 Å². The molecule has 5 nitrogen and oxygen atoms in total. The molecule has 1 aromatic rings. The number of rotatable bonds is 7. The molecule has 1 atom stereocenters. The Balaban J connectivity index is 1.54. The fourth-order valence-corrected chi connectivity index (χ4v) is 4.05. The normalized spacial score (nSPS) is 18.5. The molecule has 1 aliphatic heterocycles. The van der Waals surface area contributed by atoms with Gasteiger partial charge in [-0.1, -0.05) is 18.2 Å². The van der Waals surface area contributed by atoms with Gasteiger partial charge in [-0.3, -0.25) is 9.59 Å². The lowest BCUT2D eigenvalue weighted by molar-refractivity contribution is -0.140. The Kier molecular flexibility index (Phi) is 6.76. The van der Waals surface area contributed by atoms with Crippen molar-refractivity contribution in [2.24, 2.45) is 5.92 Å². The van der Waals surface area contributed by atoms with Crippen molar-refractivity contribution in [2.45, 2.75) is 45.4 Å². The highest BCUT2D eigenvalue weighted by Gasteiger charge is 2.35. The number of carbonyl (C=O) groups excluding carboxylic acids is 2. The number of piperazine rings is 1. The molecule has 28 heavy (non-hydrogen) atoms. The van der Waals surface area contributed by atoms with Crippen molar-refractivity contribution >= 4 is 11.8 Å². The molecule has 154 valence electrons. The third kappa shape index (κ3) is 5.34. The van der Waals surface area contributed by atoms with Gasteiger partial charge in [-0.05, 0) is 69.3 Å². The summed E-state index contributed by atoms with van der Waals surface area (Å²) < 4.78 is 0. The lowest BCUT2D eigenvalue weighted by Gasteiger charge is -2.35. The highest BCUT2D eigenvalue weighted by Crippen LogP contribution is 2.45. The van der Waals surface area contributed by atoms with Crippen LogP contribution in [0.3, 0.4) is 0 Å². The van der Waals surface area contributed by atoms with Crippen LogP contribution in [0.1, 0.15) is 48.3 Å². The van der Waals surface area contributed by atoms with Crippen molar-refractivity contribution in [1.29, 1.82) is 0 Å². The van der Waals surface area contributed by atoms with Crippen LogP contribution in [0.2, 0.25) is 0 Å². The van der Waals surface area contributed by atoms with Crippen molar-refractivity contribution in [3.8, 4) is 0 Å². The summed E-state index contributed by atoms with van der Waals surface area (Å²) in [6, 6.07) is 6.66. The first-order chi connectivity index (χ1) is 13.3. The first-order valence-corrected chi connectivity index (χ1v) is 10.6. The van der Waals surface area contributed by atoms with Crippen molar-refractivity contribution in [3.63, 3.8) is 0 Å². The third-order valence-corrected chi connectivity index (χ3v) is 6.30. The quantitative estimate of drug-likeness (QED) is 0.725. The van der Waals surface area contributed by atoms with Crippen LogP contribution < -0.4 is 0 Å². The molecular weight excluding hydrogens is 350 g/mol. The number of carbonyl (C=O) groups is 2. The molecule has 3 rings (SSSR count). The molecular formula is C23H35N3O2. The number of hydrogen-bond donors (Lipinski definition) is 0. The maximum atomic E-state index is 13.0. The van der Waals surface area contributed by atoms with Crippen LogP contribution in [0.15, 0.2) is 18.2 Å². The minimum atomic E-state index is 0.201. The van der Waals surface area contributed by atoms with Gasteiger partial charge in [0.05, 0.1) is 0 Å². The van der Waals surface area contributed by atoms with E-state index < -0.39 is 0 Å². The standard InChI is InChI=1S/C23H35N3O2/c1-17-5-6-20(15-18(17)2)21(19-7-8-19)16-23(28)26-13-11-25(12-14-26)22(27)9-10-24(3)4/h5-6,15,19,21H,7-14,16H2,1-4H3. The Hall–Kier alpha value is -1.88. The van der Waals surface area contributed by atoms with E-state index in [9.17, 15) is 9.59 Å². The molecule has 1 unspecified atom stereocenters. The van der Waals surface area contributed by atoms with Gasteiger partial charge in [0.1, 0.15) is 0 Å². The first kappa shape index (κ1) is 20.8. The number of aryl methyl sites for hydroxylation is 2. The molecule has 1 aromatic carbocycles. The maximum Gasteiger partial charge on any atom is 0.223 e. The van der Waals surface area contributed by atoms with Crippen molar-refractivity contribution in [1.82, 2.24) is 14.7 Å². The van der Waals surface area contributed by atoms with Crippen LogP contribution in [0.4, 0.5) is 0 Å². The van der Waals surface area contributed by atoms with Crippen LogP contribution >= 0.6 is 0 Å². The van der Waals surface area contributed by atoms with E-state index in [-0.39, 0.29) is 11.8 Å². The molecule has 1 heterocycles. The van der Waals surface area contributed by atoms with Crippen LogP contribution in [0.5, 0.6) is 0 Å². The Morgan fingerprint density at radius 2 is 1.61 bits per heavy atom. The molecule has 2 aliphatic rings. The van der Waals surface area contributed by atoms with Crippen molar-refractivity contribution in [3.05, 3.63) is 34.9 Å². The highest BCUT2D eigenvalue weighted by molar-refractivity contribution is 5.79. The van der Waals surface area contributed by atoms with Crippen LogP contribution in [0, 0.1) is 19.8 Å². The summed E-state index contributed by atoms with van der Waals surface area (Å²) in [4.78, 5) is 31.2. The molecule has 0 radical (unpaired) electrons. The lowest BCUT2D eigenvalue weighted by Crippen LogP contribution is -2.51. The summed E-state index contributed by atoms with van der Waals surface area (Å²) in [5.41, 5.74) is 3.93. The van der Waals surface area contributed by atoms with E-state index in [1.807, 2.05) is 28.8 Å². The zero-order chi connectivity index (χ0) is 20.3. The Morgan fingerprint density at radius 3 is 2.14 bits per heavy atom. The van der Waals surface area contributed by atoms with E-state index in [0.29, 0.717) is 50.9 Å². The highest BCUT2D eigenvalue weighted by atomic mass is 16.2. The molecule has 1 saturated heterocycles. The molecule has 0 aromatic heterocycles. The summed E-state index contributed by atoms with van der Waals surface area (Å²) in [7, 11) is 3.96. The monoisotopic (exact) mass is 385 g/mol. The summed E-state index contributed by atoms with van der Waals surface area (Å²) in [6.07, 6.45) is 3.62. The zero-order valence-electron chi connectivity index (χ0n) is 17.9. The molecule has 1 aliphatic carbocycles. The average Bonchev–Trinajstić information content (AvgIpc) is 3.51. The topological polar surface area (TPSA) is 43.9 Å². The van der Waals surface area contributed by atoms with E-state index in [2.05, 4.69) is 32.0 Å². The van der Waals surface area contributed by atoms with Gasteiger partial charge in [-0.15, -0.1) is 0 Å². The van der Waals surface area contributed by atoms with Gasteiger partial charge in [0.15, 0.2) is 0 Å². The predicted octanol–water partition coefficient (Wildman–Crippen LogP) is 2.81. The van der Waals surface area contributed by atoms with Crippen LogP contribution in [-0.2, 0) is 9.59 Å². The van der Waals surface area contributed by atoms with Gasteiger partial charge in [0.2, 0.25) is 11.8 Å². The SMILES string of the molecule is Cc1ccc(C(CC(=O)N2CCN(C(=O)CCN(C)C)CC2)C2CC2)cc1C. The van der Waals surface area contributed by atoms with Gasteiger partial charge in [-0.25, -0.2) is 0 Å². The predicted molar refractivity (Wildman–Crippen MR) is 112 cm³/mol. The number of hydrogen-bond acceptors (Lipinski definition) is 3. The zero-order valence-corrected chi connectivity index (χ0v) is 17.9. The van der Waals surface area contributed by atoms with E-state index in [1.165, 1.54) is 29.5 Å². The maximum absolute atomic E-state index is 13.0. The largest absolute Gasteiger partial charge is 0.339 e. The Labute approximate surface area is 169 Å². The molecule has 2 fully saturated rings. The number of nitrogens with zero attached hydrogens (tertiary/aromatic N) is 3. The van der Waals surface area contributed by atoms with Gasteiger partial charge in [-0.2, -0.15) is 0 Å². The molecule has 0 bridgehead atoms. The molecule has 2 amide bonds. The summed E-state index contributed by atoms with van der Waals surface area (Å²) in [5, 5.41) is 0. The second kappa shape index (κ2) is 9.08. The smallest absolute Gasteiger partial charge is 0.223 e. The molecule has 1 saturated carbocycles. The van der Waals surface area contributed by atoms with Crippen LogP contribution in [0.25, 0.3) is 0 Å². The summed E-state index contributed by atoms with van der Waals surface area (Å²) in [5.74, 6) is 1.44. The van der Waals surface area contributed by atoms with Crippen LogP contribution in [-0.4, -0.2) is 73.3 Å².